The van der Waals surface area contributed by atoms with E-state index in [9.17, 15) is 0 Å². The second-order valence-corrected chi connectivity index (χ2v) is 7.28. The van der Waals surface area contributed by atoms with Crippen LogP contribution in [0, 0.1) is 27.7 Å². The monoisotopic (exact) mass is 286 g/mol. The molecule has 0 bridgehead atoms. The van der Waals surface area contributed by atoms with E-state index in [0.717, 1.165) is 6.61 Å². The van der Waals surface area contributed by atoms with E-state index in [-0.39, 0.29) is 0 Å². The number of rotatable bonds is 4. The van der Waals surface area contributed by atoms with E-state index in [1.54, 1.807) is 0 Å². The van der Waals surface area contributed by atoms with Gasteiger partial charge in [0.15, 0.2) is 0 Å². The number of aryl methyl sites for hydroxylation is 4. The molecule has 0 atom stereocenters. The third-order valence-electron chi connectivity index (χ3n) is 3.14. The zero-order chi connectivity index (χ0) is 14.7. The quantitative estimate of drug-likeness (QED) is 0.761. The molecule has 2 aromatic rings. The second-order valence-electron chi connectivity index (χ2n) is 5.40. The average Bonchev–Trinajstić information content (AvgIpc) is 2.33. The highest BCUT2D eigenvalue weighted by atomic mass is 31.1. The third-order valence-corrected chi connectivity index (χ3v) is 5.11. The van der Waals surface area contributed by atoms with Crippen molar-refractivity contribution in [3.8, 4) is 0 Å². The Kier molecular flexibility index (Phi) is 4.96. The lowest BCUT2D eigenvalue weighted by Gasteiger charge is -2.19. The Hall–Kier alpha value is -1.17. The minimum Gasteiger partial charge on any atom is -0.350 e. The van der Waals surface area contributed by atoms with Crippen LogP contribution in [0.4, 0.5) is 0 Å². The van der Waals surface area contributed by atoms with Crippen LogP contribution in [0.3, 0.4) is 0 Å². The highest BCUT2D eigenvalue weighted by Crippen LogP contribution is 2.35. The zero-order valence-corrected chi connectivity index (χ0v) is 13.9. The number of benzene rings is 2. The van der Waals surface area contributed by atoms with Gasteiger partial charge in [0, 0.05) is 17.2 Å². The predicted octanol–water partition coefficient (Wildman–Crippen LogP) is 4.30. The van der Waals surface area contributed by atoms with Crippen molar-refractivity contribution in [1.29, 1.82) is 0 Å². The van der Waals surface area contributed by atoms with Gasteiger partial charge < -0.3 is 4.52 Å². The van der Waals surface area contributed by atoms with E-state index in [2.05, 4.69) is 71.0 Å². The summed E-state index contributed by atoms with van der Waals surface area (Å²) in [5.41, 5.74) is 5.21. The second kappa shape index (κ2) is 6.52. The average molecular weight is 286 g/mol. The van der Waals surface area contributed by atoms with Crippen molar-refractivity contribution in [3.05, 3.63) is 58.7 Å². The fourth-order valence-corrected chi connectivity index (χ4v) is 4.70. The van der Waals surface area contributed by atoms with Crippen molar-refractivity contribution in [3.63, 3.8) is 0 Å². The normalized spacial score (nSPS) is 11.1. The Morgan fingerprint density at radius 2 is 1.05 bits per heavy atom. The lowest BCUT2D eigenvalue weighted by Crippen LogP contribution is -2.15. The van der Waals surface area contributed by atoms with Crippen molar-refractivity contribution in [2.24, 2.45) is 0 Å². The SMILES string of the molecule is CCOP(c1cc(C)cc(C)c1)c1cc(C)cc(C)c1. The van der Waals surface area contributed by atoms with Crippen LogP contribution in [0.5, 0.6) is 0 Å². The maximum absolute atomic E-state index is 6.10. The number of hydrogen-bond acceptors (Lipinski definition) is 1. The highest BCUT2D eigenvalue weighted by Gasteiger charge is 2.16. The van der Waals surface area contributed by atoms with Gasteiger partial charge in [0.2, 0.25) is 0 Å². The lowest BCUT2D eigenvalue weighted by atomic mass is 10.2. The van der Waals surface area contributed by atoms with E-state index >= 15 is 0 Å². The first-order chi connectivity index (χ1) is 9.49. The summed E-state index contributed by atoms with van der Waals surface area (Å²) in [7, 11) is -0.716. The van der Waals surface area contributed by atoms with Gasteiger partial charge in [-0.2, -0.15) is 0 Å². The molecule has 0 aliphatic rings. The van der Waals surface area contributed by atoms with Gasteiger partial charge in [-0.25, -0.2) is 0 Å². The molecule has 0 unspecified atom stereocenters. The maximum atomic E-state index is 6.10. The van der Waals surface area contributed by atoms with E-state index in [1.165, 1.54) is 32.9 Å². The van der Waals surface area contributed by atoms with Crippen LogP contribution in [0.25, 0.3) is 0 Å². The smallest absolute Gasteiger partial charge is 0.0917 e. The van der Waals surface area contributed by atoms with Crippen LogP contribution in [0.15, 0.2) is 36.4 Å². The fraction of sp³-hybridized carbons (Fsp3) is 0.333. The topological polar surface area (TPSA) is 9.23 Å². The molecule has 0 fully saturated rings. The molecule has 0 saturated carbocycles. The first-order valence-corrected chi connectivity index (χ1v) is 8.35. The first-order valence-electron chi connectivity index (χ1n) is 7.09. The summed E-state index contributed by atoms with van der Waals surface area (Å²) in [4.78, 5) is 0. The van der Waals surface area contributed by atoms with Crippen LogP contribution >= 0.6 is 8.15 Å². The van der Waals surface area contributed by atoms with E-state index in [1.807, 2.05) is 0 Å². The summed E-state index contributed by atoms with van der Waals surface area (Å²) in [5, 5.41) is 2.62. The van der Waals surface area contributed by atoms with Crippen LogP contribution in [-0.4, -0.2) is 6.61 Å². The van der Waals surface area contributed by atoms with Crippen LogP contribution in [0.2, 0.25) is 0 Å². The molecule has 2 rings (SSSR count). The molecule has 0 aliphatic carbocycles. The van der Waals surface area contributed by atoms with Crippen molar-refractivity contribution in [1.82, 2.24) is 0 Å². The van der Waals surface area contributed by atoms with Gasteiger partial charge in [0.1, 0.15) is 0 Å². The van der Waals surface area contributed by atoms with E-state index < -0.39 is 8.15 Å². The van der Waals surface area contributed by atoms with Crippen molar-refractivity contribution in [2.45, 2.75) is 34.6 Å². The maximum Gasteiger partial charge on any atom is 0.0917 e. The molecule has 0 amide bonds. The van der Waals surface area contributed by atoms with Gasteiger partial charge in [-0.3, -0.25) is 0 Å². The Morgan fingerprint density at radius 3 is 1.35 bits per heavy atom. The zero-order valence-electron chi connectivity index (χ0n) is 13.0. The molecule has 0 N–H and O–H groups in total. The molecule has 0 spiro atoms. The molecule has 2 aromatic carbocycles. The summed E-state index contributed by atoms with van der Waals surface area (Å²) in [6.45, 7) is 11.4. The Balaban J connectivity index is 2.49. The Labute approximate surface area is 123 Å². The molecule has 0 saturated heterocycles. The summed E-state index contributed by atoms with van der Waals surface area (Å²) in [6.07, 6.45) is 0. The minimum absolute atomic E-state index is 0.716. The molecule has 0 aliphatic heterocycles. The molecule has 1 nitrogen and oxygen atoms in total. The van der Waals surface area contributed by atoms with Crippen molar-refractivity contribution < 1.29 is 4.52 Å². The molecule has 0 radical (unpaired) electrons. The molecule has 2 heteroatoms. The van der Waals surface area contributed by atoms with E-state index in [4.69, 9.17) is 4.52 Å². The Bertz CT molecular complexity index is 512. The first kappa shape index (κ1) is 15.2. The van der Waals surface area contributed by atoms with Crippen molar-refractivity contribution in [2.75, 3.05) is 6.61 Å². The molecule has 0 aromatic heterocycles. The number of hydrogen-bond donors (Lipinski definition) is 0. The van der Waals surface area contributed by atoms with Crippen LogP contribution in [-0.2, 0) is 4.52 Å². The predicted molar refractivity (Wildman–Crippen MR) is 89.6 cm³/mol. The van der Waals surface area contributed by atoms with Gasteiger partial charge in [-0.1, -0.05) is 34.4 Å². The molecular weight excluding hydrogens is 263 g/mol. The standard InChI is InChI=1S/C18H23OP/c1-6-19-20(17-9-13(2)7-14(3)10-17)18-11-15(4)8-16(5)12-18/h7-12H,6H2,1-5H3. The van der Waals surface area contributed by atoms with Crippen LogP contribution in [0.1, 0.15) is 29.2 Å². The minimum atomic E-state index is -0.716. The Morgan fingerprint density at radius 1 is 0.700 bits per heavy atom. The molecule has 20 heavy (non-hydrogen) atoms. The lowest BCUT2D eigenvalue weighted by molar-refractivity contribution is 0.388. The fourth-order valence-electron chi connectivity index (χ4n) is 2.56. The van der Waals surface area contributed by atoms with Gasteiger partial charge in [0.05, 0.1) is 8.15 Å². The molecular formula is C18H23OP. The van der Waals surface area contributed by atoms with Gasteiger partial charge in [-0.15, -0.1) is 0 Å². The highest BCUT2D eigenvalue weighted by molar-refractivity contribution is 7.68. The van der Waals surface area contributed by atoms with E-state index in [0.29, 0.717) is 0 Å². The van der Waals surface area contributed by atoms with Crippen LogP contribution < -0.4 is 10.6 Å². The van der Waals surface area contributed by atoms with Gasteiger partial charge in [0.25, 0.3) is 0 Å². The summed E-state index contributed by atoms with van der Waals surface area (Å²) in [6, 6.07) is 13.4. The van der Waals surface area contributed by atoms with Crippen molar-refractivity contribution >= 4 is 18.8 Å². The summed E-state index contributed by atoms with van der Waals surface area (Å²) < 4.78 is 6.10. The molecule has 0 heterocycles. The summed E-state index contributed by atoms with van der Waals surface area (Å²) >= 11 is 0. The summed E-state index contributed by atoms with van der Waals surface area (Å²) in [5.74, 6) is 0. The largest absolute Gasteiger partial charge is 0.350 e. The molecule has 106 valence electrons. The van der Waals surface area contributed by atoms with Gasteiger partial charge in [-0.05, 0) is 58.9 Å². The van der Waals surface area contributed by atoms with Gasteiger partial charge >= 0.3 is 0 Å². The third kappa shape index (κ3) is 3.69.